The Kier molecular flexibility index (Phi) is 10.7. The number of nitrogens with one attached hydrogen (secondary N) is 2. The van der Waals surface area contributed by atoms with Gasteiger partial charge in [-0.3, -0.25) is 0 Å². The van der Waals surface area contributed by atoms with Gasteiger partial charge in [-0.1, -0.05) is 0 Å². The Labute approximate surface area is 334 Å². The van der Waals surface area contributed by atoms with Crippen molar-refractivity contribution in [2.75, 3.05) is 28.4 Å². The molecule has 9 rings (SSSR count). The zero-order chi connectivity index (χ0) is 39.2. The molecular formula is C48H42CoN4O4. The van der Waals surface area contributed by atoms with E-state index in [0.29, 0.717) is 0 Å². The van der Waals surface area contributed by atoms with Crippen molar-refractivity contribution in [2.45, 2.75) is 0 Å². The normalized spacial score (nSPS) is 12.0. The van der Waals surface area contributed by atoms with Gasteiger partial charge in [-0.15, -0.1) is 0 Å². The van der Waals surface area contributed by atoms with Crippen LogP contribution in [0.4, 0.5) is 0 Å². The van der Waals surface area contributed by atoms with Crippen molar-refractivity contribution in [1.29, 1.82) is 0 Å². The van der Waals surface area contributed by atoms with Crippen LogP contribution in [0.2, 0.25) is 0 Å². The van der Waals surface area contributed by atoms with Gasteiger partial charge in [0.1, 0.15) is 0 Å². The third-order valence-corrected chi connectivity index (χ3v) is 14.2. The molecule has 0 aliphatic carbocycles. The molecule has 2 N–H and O–H groups in total. The van der Waals surface area contributed by atoms with Gasteiger partial charge in [0, 0.05) is 22.1 Å². The van der Waals surface area contributed by atoms with E-state index in [1.807, 2.05) is 97.1 Å². The van der Waals surface area contributed by atoms with Gasteiger partial charge in [-0.2, -0.15) is 0 Å². The number of ether oxygens (including phenoxy) is 4. The van der Waals surface area contributed by atoms with E-state index in [9.17, 15) is 0 Å². The Hall–Kier alpha value is -6.81. The molecule has 3 aromatic heterocycles. The first-order chi connectivity index (χ1) is 27.9. The second-order valence-electron chi connectivity index (χ2n) is 12.9. The maximum absolute atomic E-state index is 5.64. The summed E-state index contributed by atoms with van der Waals surface area (Å²) in [5, 5.41) is 0. The summed E-state index contributed by atoms with van der Waals surface area (Å²) in [7, 11) is 6.78. The molecular weight excluding hydrogens is 755 g/mol. The second-order valence-corrected chi connectivity index (χ2v) is 16.9. The summed E-state index contributed by atoms with van der Waals surface area (Å²) in [6, 6.07) is 49.7. The van der Waals surface area contributed by atoms with Crippen LogP contribution in [0.25, 0.3) is 46.4 Å². The van der Waals surface area contributed by atoms with Crippen molar-refractivity contribution < 1.29 is 31.6 Å². The Morgan fingerprint density at radius 2 is 0.614 bits per heavy atom. The van der Waals surface area contributed by atoms with E-state index >= 15 is 0 Å². The fourth-order valence-electron chi connectivity index (χ4n) is 6.57. The van der Waals surface area contributed by atoms with Gasteiger partial charge in [0.25, 0.3) is 0 Å². The standard InChI is InChI=1S/C20H14N4.4C7H7O.Co/c1-2-14-10-16-5-6-18(23-16)12-20-8-7-19(24-20)11-17-4-3-15(22-17)9-13(1)21-14;4*1-8-7-5-3-2-4-6-7;/h1-12,21,24H;4*2-3,5-6H,1H3;. The molecule has 0 spiro atoms. The third-order valence-electron chi connectivity index (χ3n) is 9.27. The van der Waals surface area contributed by atoms with Crippen LogP contribution < -0.4 is 36.9 Å². The van der Waals surface area contributed by atoms with Crippen LogP contribution in [0.15, 0.2) is 146 Å². The number of H-pyrrole nitrogens is 2. The van der Waals surface area contributed by atoms with E-state index in [2.05, 4.69) is 92.7 Å². The fourth-order valence-corrected chi connectivity index (χ4v) is 11.6. The summed E-state index contributed by atoms with van der Waals surface area (Å²) in [6.07, 6.45) is 8.09. The summed E-state index contributed by atoms with van der Waals surface area (Å²) in [5.41, 5.74) is 7.86. The van der Waals surface area contributed by atoms with Crippen molar-refractivity contribution in [3.63, 3.8) is 0 Å². The number of methoxy groups -OCH3 is 4. The molecule has 287 valence electrons. The van der Waals surface area contributed by atoms with Gasteiger partial charge in [-0.05, 0) is 72.8 Å². The monoisotopic (exact) mass is 797 g/mol. The van der Waals surface area contributed by atoms with E-state index in [4.69, 9.17) is 18.9 Å². The van der Waals surface area contributed by atoms with E-state index in [1.165, 1.54) is 0 Å². The Morgan fingerprint density at radius 3 is 0.860 bits per heavy atom. The van der Waals surface area contributed by atoms with Gasteiger partial charge in [-0.25, -0.2) is 9.97 Å². The molecule has 0 atom stereocenters. The molecule has 4 aromatic carbocycles. The van der Waals surface area contributed by atoms with E-state index < -0.39 is 12.6 Å². The van der Waals surface area contributed by atoms with Gasteiger partial charge in [0.2, 0.25) is 0 Å². The number of fused-ring (bicyclic) bond motifs is 8. The number of aromatic amines is 2. The number of nitrogens with zero attached hydrogens (tertiary/aromatic N) is 2. The third kappa shape index (κ3) is 7.97. The predicted molar refractivity (Wildman–Crippen MR) is 229 cm³/mol. The summed E-state index contributed by atoms with van der Waals surface area (Å²) >= 11 is -2.36. The Morgan fingerprint density at radius 1 is 0.351 bits per heavy atom. The molecule has 0 radical (unpaired) electrons. The van der Waals surface area contributed by atoms with E-state index in [-0.39, 0.29) is 0 Å². The van der Waals surface area contributed by atoms with Gasteiger partial charge in [0.05, 0.1) is 22.8 Å². The molecule has 2 aliphatic rings. The molecule has 0 fully saturated rings. The molecule has 0 amide bonds. The minimum atomic E-state index is -2.36. The fraction of sp³-hybridized carbons (Fsp3) is 0.0833. The van der Waals surface area contributed by atoms with E-state index in [0.717, 1.165) is 85.8 Å². The first-order valence-corrected chi connectivity index (χ1v) is 20.3. The predicted octanol–water partition coefficient (Wildman–Crippen LogP) is 8.13. The number of aromatic nitrogens is 4. The SMILES string of the molecule is C1=Cc2cc3ccc(cc4nc(cc5ccc(cc1n2)[nH]5)C=C4)[nH]3.COc1ccc[c]([Co]([c]2cccc(OC)c2)([c]2cccc(OC)c2)[c]2cccc(OC)c2)c1. The average Bonchev–Trinajstić information content (AvgIpc) is 4.09. The molecule has 0 saturated carbocycles. The van der Waals surface area contributed by atoms with Gasteiger partial charge >= 0.3 is 198 Å². The minimum absolute atomic E-state index is 0.810. The topological polar surface area (TPSA) is 94.3 Å². The molecule has 0 unspecified atom stereocenters. The van der Waals surface area contributed by atoms with Crippen molar-refractivity contribution in [2.24, 2.45) is 0 Å². The van der Waals surface area contributed by atoms with Crippen LogP contribution in [0.5, 0.6) is 23.0 Å². The quantitative estimate of drug-likeness (QED) is 0.161. The average molecular weight is 798 g/mol. The van der Waals surface area contributed by atoms with Crippen LogP contribution in [0, 0.1) is 0 Å². The van der Waals surface area contributed by atoms with E-state index in [1.54, 1.807) is 28.4 Å². The molecule has 57 heavy (non-hydrogen) atoms. The number of hydrogen-bond donors (Lipinski definition) is 2. The molecule has 2 aliphatic heterocycles. The number of benzene rings is 4. The van der Waals surface area contributed by atoms with Crippen molar-refractivity contribution >= 4 is 64.4 Å². The van der Waals surface area contributed by atoms with Gasteiger partial charge in [0.15, 0.2) is 0 Å². The Bertz CT molecular complexity index is 2420. The molecule has 8 nitrogen and oxygen atoms in total. The first kappa shape index (κ1) is 37.1. The Balaban J connectivity index is 0.000000167. The van der Waals surface area contributed by atoms with Crippen LogP contribution in [0.1, 0.15) is 22.8 Å². The first-order valence-electron chi connectivity index (χ1n) is 18.2. The zero-order valence-electron chi connectivity index (χ0n) is 32.0. The summed E-state index contributed by atoms with van der Waals surface area (Å²) in [6.45, 7) is 0. The summed E-state index contributed by atoms with van der Waals surface area (Å²) in [4.78, 5) is 16.0. The van der Waals surface area contributed by atoms with Crippen molar-refractivity contribution in [3.05, 3.63) is 168 Å². The van der Waals surface area contributed by atoms with Gasteiger partial charge < -0.3 is 9.97 Å². The van der Waals surface area contributed by atoms with Crippen LogP contribution in [-0.4, -0.2) is 48.4 Å². The molecule has 5 heterocycles. The molecule has 8 bridgehead atoms. The number of rotatable bonds is 8. The molecule has 0 saturated heterocycles. The van der Waals surface area contributed by atoms with Crippen LogP contribution in [-0.2, 0) is 12.6 Å². The summed E-state index contributed by atoms with van der Waals surface area (Å²) < 4.78 is 27.2. The summed E-state index contributed by atoms with van der Waals surface area (Å²) in [5.74, 6) is 3.24. The number of hydrogen-bond acceptors (Lipinski definition) is 6. The van der Waals surface area contributed by atoms with Crippen LogP contribution in [0.3, 0.4) is 0 Å². The maximum atomic E-state index is 5.64. The second kappa shape index (κ2) is 16.5. The zero-order valence-corrected chi connectivity index (χ0v) is 33.1. The van der Waals surface area contributed by atoms with Crippen molar-refractivity contribution in [1.82, 2.24) is 19.9 Å². The molecule has 7 aromatic rings. The molecule has 9 heteroatoms. The van der Waals surface area contributed by atoms with Crippen LogP contribution >= 0.6 is 0 Å². The van der Waals surface area contributed by atoms with Crippen molar-refractivity contribution in [3.8, 4) is 23.0 Å².